The zero-order valence-electron chi connectivity index (χ0n) is 21.0. The Hall–Kier alpha value is -1.36. The van der Waals surface area contributed by atoms with Crippen LogP contribution in [0.3, 0.4) is 0 Å². The van der Waals surface area contributed by atoms with E-state index in [1.807, 2.05) is 18.7 Å². The zero-order chi connectivity index (χ0) is 23.1. The number of nitrogens with zero attached hydrogens (tertiary/aromatic N) is 2. The number of allylic oxidation sites excluding steroid dienone is 2. The van der Waals surface area contributed by atoms with Gasteiger partial charge in [-0.2, -0.15) is 0 Å². The predicted octanol–water partition coefficient (Wildman–Crippen LogP) is 4.91. The molecule has 0 bridgehead atoms. The highest BCUT2D eigenvalue weighted by atomic mass is 16.5. The molecular weight excluding hydrogens is 400 g/mol. The van der Waals surface area contributed by atoms with Gasteiger partial charge in [0.25, 0.3) is 0 Å². The monoisotopic (exact) mass is 446 g/mol. The van der Waals surface area contributed by atoms with Gasteiger partial charge >= 0.3 is 0 Å². The number of piperidine rings is 2. The third-order valence-corrected chi connectivity index (χ3v) is 7.91. The number of amides is 2. The van der Waals surface area contributed by atoms with Gasteiger partial charge in [-0.3, -0.25) is 9.59 Å². The van der Waals surface area contributed by atoms with E-state index in [4.69, 9.17) is 4.74 Å². The molecule has 0 aromatic heterocycles. The van der Waals surface area contributed by atoms with E-state index < -0.39 is 0 Å². The van der Waals surface area contributed by atoms with Crippen LogP contribution in [-0.2, 0) is 14.3 Å². The van der Waals surface area contributed by atoms with Crippen LogP contribution in [0.15, 0.2) is 11.6 Å². The predicted molar refractivity (Wildman–Crippen MR) is 129 cm³/mol. The molecule has 3 rings (SSSR count). The van der Waals surface area contributed by atoms with Crippen molar-refractivity contribution >= 4 is 11.8 Å². The Morgan fingerprint density at radius 1 is 0.938 bits per heavy atom. The first kappa shape index (κ1) is 25.3. The minimum absolute atomic E-state index is 0.0988. The van der Waals surface area contributed by atoms with Crippen LogP contribution in [0.25, 0.3) is 0 Å². The fraction of sp³-hybridized carbons (Fsp3) is 0.852. The molecule has 0 N–H and O–H groups in total. The molecule has 5 heteroatoms. The summed E-state index contributed by atoms with van der Waals surface area (Å²) in [5, 5.41) is 0. The van der Waals surface area contributed by atoms with Crippen molar-refractivity contribution in [1.29, 1.82) is 0 Å². The van der Waals surface area contributed by atoms with Crippen LogP contribution in [-0.4, -0.2) is 61.0 Å². The van der Waals surface area contributed by atoms with Crippen LogP contribution in [0.5, 0.6) is 0 Å². The summed E-state index contributed by atoms with van der Waals surface area (Å²) in [5.74, 6) is 2.87. The highest BCUT2D eigenvalue weighted by Gasteiger charge is 2.29. The van der Waals surface area contributed by atoms with E-state index in [1.165, 1.54) is 5.57 Å². The molecule has 182 valence electrons. The van der Waals surface area contributed by atoms with Gasteiger partial charge in [0.2, 0.25) is 11.8 Å². The third-order valence-electron chi connectivity index (χ3n) is 7.91. The molecule has 2 amide bonds. The Morgan fingerprint density at radius 2 is 1.56 bits per heavy atom. The maximum absolute atomic E-state index is 12.9. The Balaban J connectivity index is 1.26. The van der Waals surface area contributed by atoms with E-state index >= 15 is 0 Å². The Morgan fingerprint density at radius 3 is 2.12 bits per heavy atom. The Labute approximate surface area is 195 Å². The number of likely N-dealkylation sites (tertiary alicyclic amines) is 2. The average molecular weight is 447 g/mol. The van der Waals surface area contributed by atoms with Crippen LogP contribution < -0.4 is 0 Å². The molecule has 3 aliphatic rings. The molecule has 0 radical (unpaired) electrons. The Kier molecular flexibility index (Phi) is 9.63. The lowest BCUT2D eigenvalue weighted by molar-refractivity contribution is -0.137. The lowest BCUT2D eigenvalue weighted by Gasteiger charge is -2.35. The number of hydrogen-bond acceptors (Lipinski definition) is 3. The first-order valence-electron chi connectivity index (χ1n) is 13.2. The number of carbonyl (C=O) groups excluding carboxylic acids is 2. The van der Waals surface area contributed by atoms with Crippen molar-refractivity contribution in [1.82, 2.24) is 9.80 Å². The fourth-order valence-corrected chi connectivity index (χ4v) is 5.49. The topological polar surface area (TPSA) is 49.9 Å². The molecule has 32 heavy (non-hydrogen) atoms. The first-order chi connectivity index (χ1) is 15.3. The summed E-state index contributed by atoms with van der Waals surface area (Å²) in [6, 6.07) is 0. The largest absolute Gasteiger partial charge is 0.381 e. The van der Waals surface area contributed by atoms with Crippen molar-refractivity contribution in [3.05, 3.63) is 11.6 Å². The minimum Gasteiger partial charge on any atom is -0.381 e. The summed E-state index contributed by atoms with van der Waals surface area (Å²) in [4.78, 5) is 29.2. The molecule has 2 saturated heterocycles. The van der Waals surface area contributed by atoms with Crippen molar-refractivity contribution < 1.29 is 14.3 Å². The highest BCUT2D eigenvalue weighted by molar-refractivity contribution is 5.79. The van der Waals surface area contributed by atoms with E-state index in [1.54, 1.807) is 0 Å². The van der Waals surface area contributed by atoms with Gasteiger partial charge in [-0.15, -0.1) is 0 Å². The lowest BCUT2D eigenvalue weighted by atomic mass is 9.84. The number of hydrogen-bond donors (Lipinski definition) is 0. The Bertz CT molecular complexity index is 641. The second-order valence-corrected chi connectivity index (χ2v) is 11.0. The van der Waals surface area contributed by atoms with E-state index in [9.17, 15) is 9.59 Å². The molecule has 0 aromatic rings. The number of carbonyl (C=O) groups is 2. The van der Waals surface area contributed by atoms with Crippen LogP contribution in [0.4, 0.5) is 0 Å². The molecule has 0 saturated carbocycles. The van der Waals surface area contributed by atoms with Crippen LogP contribution in [0, 0.1) is 29.6 Å². The molecule has 1 atom stereocenters. The van der Waals surface area contributed by atoms with E-state index in [0.29, 0.717) is 23.7 Å². The minimum atomic E-state index is 0.0988. The molecular formula is C27H46N2O3. The van der Waals surface area contributed by atoms with E-state index in [0.717, 1.165) is 90.8 Å². The van der Waals surface area contributed by atoms with Gasteiger partial charge in [0, 0.05) is 51.2 Å². The second-order valence-electron chi connectivity index (χ2n) is 11.0. The van der Waals surface area contributed by atoms with Crippen LogP contribution >= 0.6 is 0 Å². The van der Waals surface area contributed by atoms with Crippen LogP contribution in [0.1, 0.15) is 79.1 Å². The van der Waals surface area contributed by atoms with Crippen molar-refractivity contribution in [2.75, 3.05) is 39.4 Å². The number of rotatable bonds is 8. The maximum atomic E-state index is 12.9. The van der Waals surface area contributed by atoms with Crippen molar-refractivity contribution in [3.63, 3.8) is 0 Å². The van der Waals surface area contributed by atoms with Gasteiger partial charge in [0.15, 0.2) is 0 Å². The summed E-state index contributed by atoms with van der Waals surface area (Å²) in [6.07, 6.45) is 10.8. The molecule has 0 spiro atoms. The molecule has 2 fully saturated rings. The summed E-state index contributed by atoms with van der Waals surface area (Å²) < 4.78 is 6.03. The summed E-state index contributed by atoms with van der Waals surface area (Å²) in [5.41, 5.74) is 1.53. The molecule has 1 unspecified atom stereocenters. The van der Waals surface area contributed by atoms with Crippen LogP contribution in [0.2, 0.25) is 0 Å². The molecule has 5 nitrogen and oxygen atoms in total. The SMILES string of the molecule is CC(C)C(=O)N1CCC(COCCC2CCN(C(=O)C3CC=C(C(C)C)CC3)CC2)CC1. The smallest absolute Gasteiger partial charge is 0.226 e. The zero-order valence-corrected chi connectivity index (χ0v) is 21.0. The molecule has 2 aliphatic heterocycles. The fourth-order valence-electron chi connectivity index (χ4n) is 5.49. The van der Waals surface area contributed by atoms with Gasteiger partial charge in [-0.1, -0.05) is 39.3 Å². The third kappa shape index (κ3) is 7.07. The van der Waals surface area contributed by atoms with Gasteiger partial charge in [0.05, 0.1) is 0 Å². The highest BCUT2D eigenvalue weighted by Crippen LogP contribution is 2.30. The standard InChI is InChI=1S/C27H46N2O3/c1-20(2)24-5-7-25(8-6-24)27(31)29-14-9-22(10-15-29)13-18-32-19-23-11-16-28(17-12-23)26(30)21(3)4/h5,20-23,25H,6-19H2,1-4H3. The van der Waals surface area contributed by atoms with Crippen molar-refractivity contribution in [2.45, 2.75) is 79.1 Å². The van der Waals surface area contributed by atoms with Crippen molar-refractivity contribution in [3.8, 4) is 0 Å². The maximum Gasteiger partial charge on any atom is 0.226 e. The second kappa shape index (κ2) is 12.2. The van der Waals surface area contributed by atoms with Gasteiger partial charge in [0.1, 0.15) is 0 Å². The molecule has 0 aromatic carbocycles. The van der Waals surface area contributed by atoms with Gasteiger partial charge in [-0.25, -0.2) is 0 Å². The van der Waals surface area contributed by atoms with E-state index in [-0.39, 0.29) is 17.7 Å². The summed E-state index contributed by atoms with van der Waals surface area (Å²) in [7, 11) is 0. The quantitative estimate of drug-likeness (QED) is 0.393. The van der Waals surface area contributed by atoms with E-state index in [2.05, 4.69) is 24.8 Å². The molecule has 1 aliphatic carbocycles. The summed E-state index contributed by atoms with van der Waals surface area (Å²) in [6.45, 7) is 13.7. The summed E-state index contributed by atoms with van der Waals surface area (Å²) >= 11 is 0. The number of ether oxygens (including phenoxy) is 1. The van der Waals surface area contributed by atoms with Gasteiger partial charge in [-0.05, 0) is 69.1 Å². The van der Waals surface area contributed by atoms with Crippen molar-refractivity contribution in [2.24, 2.45) is 29.6 Å². The normalized spacial score (nSPS) is 23.7. The average Bonchev–Trinajstić information content (AvgIpc) is 2.81. The molecule has 2 heterocycles. The lowest BCUT2D eigenvalue weighted by Crippen LogP contribution is -2.42. The van der Waals surface area contributed by atoms with Gasteiger partial charge < -0.3 is 14.5 Å². The first-order valence-corrected chi connectivity index (χ1v) is 13.2.